The molecule has 1 aliphatic rings. The van der Waals surface area contributed by atoms with Gasteiger partial charge < -0.3 is 4.57 Å². The molecule has 0 atom stereocenters. The zero-order valence-corrected chi connectivity index (χ0v) is 12.5. The van der Waals surface area contributed by atoms with Crippen molar-refractivity contribution in [3.05, 3.63) is 0 Å². The van der Waals surface area contributed by atoms with Crippen LogP contribution in [0.15, 0.2) is 0 Å². The maximum atomic E-state index is 2.91. The first-order chi connectivity index (χ1) is 6.94. The maximum Gasteiger partial charge on any atom is 0.136 e. The molecule has 0 saturated carbocycles. The number of hydrogen-bond donors (Lipinski definition) is 0. The van der Waals surface area contributed by atoms with E-state index in [0.717, 1.165) is 16.6 Å². The zero-order chi connectivity index (χ0) is 11.6. The van der Waals surface area contributed by atoms with E-state index in [4.69, 9.17) is 0 Å². The summed E-state index contributed by atoms with van der Waals surface area (Å²) in [6.07, 6.45) is 2.86. The van der Waals surface area contributed by atoms with Crippen LogP contribution in [0.25, 0.3) is 0 Å². The second-order valence-corrected chi connectivity index (χ2v) is 11.9. The molecule has 0 aromatic carbocycles. The van der Waals surface area contributed by atoms with E-state index < -0.39 is 8.24 Å². The molecule has 1 rings (SSSR count). The summed E-state index contributed by atoms with van der Waals surface area (Å²) in [6, 6.07) is 0. The molecule has 0 aliphatic carbocycles. The molecule has 0 amide bonds. The van der Waals surface area contributed by atoms with Crippen molar-refractivity contribution in [2.45, 2.75) is 71.0 Å². The highest BCUT2D eigenvalue weighted by Crippen LogP contribution is 2.45. The summed E-state index contributed by atoms with van der Waals surface area (Å²) in [6.45, 7) is 17.5. The molecule has 0 radical (unpaired) electrons. The van der Waals surface area contributed by atoms with Gasteiger partial charge in [-0.1, -0.05) is 41.5 Å². The van der Waals surface area contributed by atoms with E-state index in [-0.39, 0.29) is 0 Å². The second-order valence-electron chi connectivity index (χ2n) is 6.05. The van der Waals surface area contributed by atoms with Gasteiger partial charge in [0, 0.05) is 0 Å². The first kappa shape index (κ1) is 13.2. The zero-order valence-electron chi connectivity index (χ0n) is 11.5. The number of hydrogen-bond acceptors (Lipinski definition) is 1. The lowest BCUT2D eigenvalue weighted by Crippen LogP contribution is -2.59. The third kappa shape index (κ3) is 2.16. The second kappa shape index (κ2) is 5.01. The minimum absolute atomic E-state index is 0.885. The van der Waals surface area contributed by atoms with Gasteiger partial charge in [0.05, 0.1) is 0 Å². The lowest BCUT2D eigenvalue weighted by molar-refractivity contribution is 0.469. The molecule has 1 saturated heterocycles. The Kier molecular flexibility index (Phi) is 4.42. The first-order valence-corrected chi connectivity index (χ1v) is 8.87. The molecule has 0 aromatic heterocycles. The quantitative estimate of drug-likeness (QED) is 0.649. The summed E-state index contributed by atoms with van der Waals surface area (Å²) in [4.78, 5) is 0. The van der Waals surface area contributed by atoms with Gasteiger partial charge in [-0.2, -0.15) is 0 Å². The molecule has 1 heterocycles. The summed E-state index contributed by atoms with van der Waals surface area (Å²) >= 11 is 0. The Morgan fingerprint density at radius 2 is 1.07 bits per heavy atom. The van der Waals surface area contributed by atoms with Crippen molar-refractivity contribution in [2.75, 3.05) is 13.1 Å². The first-order valence-electron chi connectivity index (χ1n) is 6.69. The van der Waals surface area contributed by atoms with Crippen molar-refractivity contribution >= 4 is 8.24 Å². The van der Waals surface area contributed by atoms with Crippen LogP contribution in [0.3, 0.4) is 0 Å². The molecule has 1 fully saturated rings. The van der Waals surface area contributed by atoms with E-state index >= 15 is 0 Å². The lowest BCUT2D eigenvalue weighted by atomic mass is 10.4. The van der Waals surface area contributed by atoms with E-state index in [1.807, 2.05) is 0 Å². The van der Waals surface area contributed by atoms with E-state index in [2.05, 4.69) is 46.1 Å². The van der Waals surface area contributed by atoms with Gasteiger partial charge in [0.2, 0.25) is 0 Å². The highest BCUT2D eigenvalue weighted by Gasteiger charge is 2.48. The lowest BCUT2D eigenvalue weighted by Gasteiger charge is -2.49. The summed E-state index contributed by atoms with van der Waals surface area (Å²) in [7, 11) is -1.26. The molecule has 15 heavy (non-hydrogen) atoms. The highest BCUT2D eigenvalue weighted by atomic mass is 28.3. The third-order valence-electron chi connectivity index (χ3n) is 4.43. The molecule has 90 valence electrons. The molecule has 1 aliphatic heterocycles. The van der Waals surface area contributed by atoms with Gasteiger partial charge in [-0.25, -0.2) is 0 Å². The van der Waals surface area contributed by atoms with Crippen LogP contribution in [-0.2, 0) is 0 Å². The van der Waals surface area contributed by atoms with Crippen LogP contribution in [-0.4, -0.2) is 25.9 Å². The van der Waals surface area contributed by atoms with Gasteiger partial charge in [-0.05, 0) is 42.6 Å². The highest BCUT2D eigenvalue weighted by molar-refractivity contribution is 6.81. The van der Waals surface area contributed by atoms with E-state index in [1.165, 1.54) is 25.9 Å². The normalized spacial score (nSPS) is 19.8. The topological polar surface area (TPSA) is 3.24 Å². The van der Waals surface area contributed by atoms with Gasteiger partial charge in [0.25, 0.3) is 0 Å². The van der Waals surface area contributed by atoms with Gasteiger partial charge in [-0.3, -0.25) is 0 Å². The van der Waals surface area contributed by atoms with Crippen molar-refractivity contribution in [2.24, 2.45) is 0 Å². The fourth-order valence-corrected chi connectivity index (χ4v) is 11.5. The fraction of sp³-hybridized carbons (Fsp3) is 1.00. The van der Waals surface area contributed by atoms with E-state index in [0.29, 0.717) is 0 Å². The van der Waals surface area contributed by atoms with Crippen LogP contribution in [0.4, 0.5) is 0 Å². The van der Waals surface area contributed by atoms with Crippen molar-refractivity contribution in [3.8, 4) is 0 Å². The number of rotatable bonds is 4. The van der Waals surface area contributed by atoms with Crippen LogP contribution >= 0.6 is 0 Å². The molecule has 1 nitrogen and oxygen atoms in total. The molecule has 0 unspecified atom stereocenters. The van der Waals surface area contributed by atoms with Crippen molar-refractivity contribution in [1.29, 1.82) is 0 Å². The molecule has 2 heteroatoms. The Morgan fingerprint density at radius 1 is 0.733 bits per heavy atom. The fourth-order valence-electron chi connectivity index (χ4n) is 4.20. The summed E-state index contributed by atoms with van der Waals surface area (Å²) in [5, 5.41) is 0. The van der Waals surface area contributed by atoms with Crippen LogP contribution < -0.4 is 0 Å². The van der Waals surface area contributed by atoms with Gasteiger partial charge >= 0.3 is 0 Å². The Bertz CT molecular complexity index is 171. The van der Waals surface area contributed by atoms with Gasteiger partial charge in [-0.15, -0.1) is 0 Å². The average molecular weight is 227 g/mol. The Labute approximate surface area is 97.3 Å². The predicted octanol–water partition coefficient (Wildman–Crippen LogP) is 4.26. The minimum Gasteiger partial charge on any atom is -0.323 e. The Balaban J connectivity index is 3.00. The molecular weight excluding hydrogens is 198 g/mol. The average Bonchev–Trinajstić information content (AvgIpc) is 2.55. The third-order valence-corrected chi connectivity index (χ3v) is 11.5. The van der Waals surface area contributed by atoms with Crippen LogP contribution in [0.1, 0.15) is 54.4 Å². The Morgan fingerprint density at radius 3 is 1.33 bits per heavy atom. The summed E-state index contributed by atoms with van der Waals surface area (Å²) in [5.74, 6) is 0. The summed E-state index contributed by atoms with van der Waals surface area (Å²) in [5.41, 5.74) is 2.65. The molecular formula is C13H29NSi. The van der Waals surface area contributed by atoms with Crippen molar-refractivity contribution in [3.63, 3.8) is 0 Å². The van der Waals surface area contributed by atoms with Crippen molar-refractivity contribution < 1.29 is 0 Å². The SMILES string of the molecule is CC(C)[Si](C(C)C)(C(C)C)N1CCCC1. The van der Waals surface area contributed by atoms with Crippen LogP contribution in [0, 0.1) is 0 Å². The van der Waals surface area contributed by atoms with Gasteiger partial charge in [0.1, 0.15) is 8.24 Å². The molecule has 0 bridgehead atoms. The summed E-state index contributed by atoms with van der Waals surface area (Å²) < 4.78 is 2.91. The Hall–Kier alpha value is 0.177. The smallest absolute Gasteiger partial charge is 0.136 e. The minimum atomic E-state index is -1.26. The van der Waals surface area contributed by atoms with Crippen LogP contribution in [0.2, 0.25) is 16.6 Å². The predicted molar refractivity (Wildman–Crippen MR) is 71.9 cm³/mol. The molecule has 0 N–H and O–H groups in total. The largest absolute Gasteiger partial charge is 0.323 e. The van der Waals surface area contributed by atoms with Crippen LogP contribution in [0.5, 0.6) is 0 Å². The van der Waals surface area contributed by atoms with E-state index in [9.17, 15) is 0 Å². The monoisotopic (exact) mass is 227 g/mol. The molecule has 0 aromatic rings. The van der Waals surface area contributed by atoms with Crippen molar-refractivity contribution in [1.82, 2.24) is 4.57 Å². The van der Waals surface area contributed by atoms with Gasteiger partial charge in [0.15, 0.2) is 0 Å². The van der Waals surface area contributed by atoms with E-state index in [1.54, 1.807) is 0 Å². The maximum absolute atomic E-state index is 2.91. The molecule has 0 spiro atoms. The number of nitrogens with zero attached hydrogens (tertiary/aromatic N) is 1. The standard InChI is InChI=1S/C13H29NSi/c1-11(2)15(12(3)4,13(5)6)14-9-7-8-10-14/h11-13H,7-10H2,1-6H3.